The van der Waals surface area contributed by atoms with Crippen molar-refractivity contribution >= 4 is 17.7 Å². The van der Waals surface area contributed by atoms with Crippen molar-refractivity contribution < 1.29 is 23.5 Å². The number of likely N-dealkylation sites (tertiary alicyclic amines) is 1. The van der Waals surface area contributed by atoms with E-state index < -0.39 is 11.9 Å². The lowest BCUT2D eigenvalue weighted by Crippen LogP contribution is -2.39. The quantitative estimate of drug-likeness (QED) is 0.858. The number of carbonyl (C=O) groups is 2. The lowest BCUT2D eigenvalue weighted by Gasteiger charge is -2.29. The Morgan fingerprint density at radius 3 is 2.78 bits per heavy atom. The number of ether oxygens (including phenoxy) is 2. The molecule has 0 aliphatic carbocycles. The van der Waals surface area contributed by atoms with Crippen molar-refractivity contribution in [2.24, 2.45) is 0 Å². The zero-order valence-corrected chi connectivity index (χ0v) is 13.0. The molecule has 0 unspecified atom stereocenters. The van der Waals surface area contributed by atoms with Gasteiger partial charge in [-0.25, -0.2) is 9.18 Å². The Labute approximate surface area is 133 Å². The van der Waals surface area contributed by atoms with E-state index in [0.717, 1.165) is 25.3 Å². The highest BCUT2D eigenvalue weighted by molar-refractivity contribution is 5.98. The van der Waals surface area contributed by atoms with Crippen LogP contribution in [0.4, 0.5) is 14.9 Å². The van der Waals surface area contributed by atoms with Crippen LogP contribution in [0.1, 0.15) is 26.2 Å². The standard InChI is InChI=1S/C16H19FN2O4/c1-2-5-19-12-9-13(23-16(21)18-6-3-4-7-18)11(17)8-14(12)22-10-15(19)20/h8-9H,2-7,10H2,1H3. The van der Waals surface area contributed by atoms with Crippen LogP contribution >= 0.6 is 0 Å². The van der Waals surface area contributed by atoms with Crippen molar-refractivity contribution in [3.05, 3.63) is 17.9 Å². The Bertz CT molecular complexity index is 629. The maximum absolute atomic E-state index is 14.2. The van der Waals surface area contributed by atoms with E-state index in [0.29, 0.717) is 25.3 Å². The molecule has 2 aliphatic heterocycles. The minimum Gasteiger partial charge on any atom is -0.481 e. The summed E-state index contributed by atoms with van der Waals surface area (Å²) < 4.78 is 24.6. The minimum atomic E-state index is -0.679. The van der Waals surface area contributed by atoms with Gasteiger partial charge in [0.05, 0.1) is 5.69 Å². The molecule has 6 nitrogen and oxygen atoms in total. The average molecular weight is 322 g/mol. The van der Waals surface area contributed by atoms with E-state index in [4.69, 9.17) is 9.47 Å². The first-order chi connectivity index (χ1) is 11.1. The maximum Gasteiger partial charge on any atom is 0.415 e. The number of hydrogen-bond donors (Lipinski definition) is 0. The van der Waals surface area contributed by atoms with Crippen molar-refractivity contribution in [3.63, 3.8) is 0 Å². The second kappa shape index (κ2) is 6.44. The van der Waals surface area contributed by atoms with Gasteiger partial charge in [0.1, 0.15) is 5.75 Å². The normalized spacial score (nSPS) is 17.0. The molecule has 124 valence electrons. The van der Waals surface area contributed by atoms with Crippen LogP contribution in [0, 0.1) is 5.82 Å². The van der Waals surface area contributed by atoms with Gasteiger partial charge in [-0.2, -0.15) is 0 Å². The van der Waals surface area contributed by atoms with Gasteiger partial charge in [0, 0.05) is 31.8 Å². The molecular weight excluding hydrogens is 303 g/mol. The van der Waals surface area contributed by atoms with Crippen LogP contribution in [0.2, 0.25) is 0 Å². The Kier molecular flexibility index (Phi) is 4.36. The van der Waals surface area contributed by atoms with Gasteiger partial charge < -0.3 is 19.3 Å². The van der Waals surface area contributed by atoms with Gasteiger partial charge in [-0.15, -0.1) is 0 Å². The van der Waals surface area contributed by atoms with Crippen molar-refractivity contribution in [1.29, 1.82) is 0 Å². The molecule has 3 rings (SSSR count). The van der Waals surface area contributed by atoms with Crippen molar-refractivity contribution in [3.8, 4) is 11.5 Å². The molecule has 0 atom stereocenters. The molecule has 1 aromatic carbocycles. The highest BCUT2D eigenvalue weighted by Gasteiger charge is 2.28. The van der Waals surface area contributed by atoms with Crippen LogP contribution in [0.25, 0.3) is 0 Å². The third-order valence-electron chi connectivity index (χ3n) is 3.97. The molecule has 2 amide bonds. The smallest absolute Gasteiger partial charge is 0.415 e. The van der Waals surface area contributed by atoms with Crippen LogP contribution in [0.15, 0.2) is 12.1 Å². The predicted molar refractivity (Wildman–Crippen MR) is 81.4 cm³/mol. The number of rotatable bonds is 3. The van der Waals surface area contributed by atoms with Crippen LogP contribution in [-0.2, 0) is 4.79 Å². The van der Waals surface area contributed by atoms with Gasteiger partial charge in [-0.3, -0.25) is 4.79 Å². The minimum absolute atomic E-state index is 0.112. The number of amides is 2. The molecule has 0 saturated carbocycles. The molecule has 2 aliphatic rings. The lowest BCUT2D eigenvalue weighted by atomic mass is 10.2. The van der Waals surface area contributed by atoms with Gasteiger partial charge in [-0.1, -0.05) is 6.92 Å². The molecule has 0 aromatic heterocycles. The fraction of sp³-hybridized carbons (Fsp3) is 0.500. The molecule has 1 saturated heterocycles. The lowest BCUT2D eigenvalue weighted by molar-refractivity contribution is -0.121. The van der Waals surface area contributed by atoms with Crippen molar-refractivity contribution in [1.82, 2.24) is 4.90 Å². The molecule has 1 aromatic rings. The number of anilines is 1. The van der Waals surface area contributed by atoms with Crippen LogP contribution in [-0.4, -0.2) is 43.1 Å². The van der Waals surface area contributed by atoms with E-state index in [1.165, 1.54) is 11.0 Å². The summed E-state index contributed by atoms with van der Waals surface area (Å²) in [6.07, 6.45) is 2.04. The molecule has 0 N–H and O–H groups in total. The van der Waals surface area contributed by atoms with Gasteiger partial charge in [0.15, 0.2) is 18.2 Å². The molecule has 1 fully saturated rings. The molecule has 23 heavy (non-hydrogen) atoms. The number of benzene rings is 1. The van der Waals surface area contributed by atoms with Crippen molar-refractivity contribution in [2.45, 2.75) is 26.2 Å². The highest BCUT2D eigenvalue weighted by Crippen LogP contribution is 2.37. The number of nitrogens with zero attached hydrogens (tertiary/aromatic N) is 2. The number of hydrogen-bond acceptors (Lipinski definition) is 4. The Hall–Kier alpha value is -2.31. The molecular formula is C16H19FN2O4. The van der Waals surface area contributed by atoms with E-state index in [-0.39, 0.29) is 24.0 Å². The summed E-state index contributed by atoms with van der Waals surface area (Å²) >= 11 is 0. The highest BCUT2D eigenvalue weighted by atomic mass is 19.1. The summed E-state index contributed by atoms with van der Waals surface area (Å²) in [5, 5.41) is 0. The number of fused-ring (bicyclic) bond motifs is 1. The predicted octanol–water partition coefficient (Wildman–Crippen LogP) is 2.56. The SMILES string of the molecule is CCCN1C(=O)COc2cc(F)c(OC(=O)N3CCCC3)cc21. The summed E-state index contributed by atoms with van der Waals surface area (Å²) in [5.41, 5.74) is 0.439. The number of carbonyl (C=O) groups excluding carboxylic acids is 2. The molecule has 0 spiro atoms. The molecule has 0 radical (unpaired) electrons. The summed E-state index contributed by atoms with van der Waals surface area (Å²) in [7, 11) is 0. The zero-order chi connectivity index (χ0) is 16.4. The topological polar surface area (TPSA) is 59.1 Å². The van der Waals surface area contributed by atoms with Crippen molar-refractivity contribution in [2.75, 3.05) is 31.1 Å². The monoisotopic (exact) mass is 322 g/mol. The van der Waals surface area contributed by atoms with E-state index in [2.05, 4.69) is 0 Å². The van der Waals surface area contributed by atoms with Crippen LogP contribution in [0.5, 0.6) is 11.5 Å². The Morgan fingerprint density at radius 1 is 1.35 bits per heavy atom. The van der Waals surface area contributed by atoms with E-state index in [1.54, 1.807) is 4.90 Å². The molecule has 7 heteroatoms. The van der Waals surface area contributed by atoms with Gasteiger partial charge in [-0.05, 0) is 19.3 Å². The zero-order valence-electron chi connectivity index (χ0n) is 13.0. The first-order valence-electron chi connectivity index (χ1n) is 7.83. The Morgan fingerprint density at radius 2 is 2.09 bits per heavy atom. The first kappa shape index (κ1) is 15.6. The average Bonchev–Trinajstić information content (AvgIpc) is 3.06. The van der Waals surface area contributed by atoms with E-state index >= 15 is 0 Å². The third kappa shape index (κ3) is 3.09. The largest absolute Gasteiger partial charge is 0.481 e. The second-order valence-corrected chi connectivity index (χ2v) is 5.65. The summed E-state index contributed by atoms with van der Waals surface area (Å²) in [6.45, 7) is 3.57. The molecule has 2 heterocycles. The summed E-state index contributed by atoms with van der Waals surface area (Å²) in [5.74, 6) is -0.763. The summed E-state index contributed by atoms with van der Waals surface area (Å²) in [6, 6.07) is 2.53. The van der Waals surface area contributed by atoms with Gasteiger partial charge in [0.25, 0.3) is 5.91 Å². The maximum atomic E-state index is 14.2. The third-order valence-corrected chi connectivity index (χ3v) is 3.97. The second-order valence-electron chi connectivity index (χ2n) is 5.65. The fourth-order valence-corrected chi connectivity index (χ4v) is 2.81. The molecule has 0 bridgehead atoms. The number of halogens is 1. The Balaban J connectivity index is 1.86. The first-order valence-corrected chi connectivity index (χ1v) is 7.83. The fourth-order valence-electron chi connectivity index (χ4n) is 2.81. The van der Waals surface area contributed by atoms with Crippen LogP contribution in [0.3, 0.4) is 0 Å². The van der Waals surface area contributed by atoms with E-state index in [1.807, 2.05) is 6.92 Å². The van der Waals surface area contributed by atoms with Crippen LogP contribution < -0.4 is 14.4 Å². The van der Waals surface area contributed by atoms with Gasteiger partial charge in [0.2, 0.25) is 0 Å². The van der Waals surface area contributed by atoms with E-state index in [9.17, 15) is 14.0 Å². The summed E-state index contributed by atoms with van der Waals surface area (Å²) in [4.78, 5) is 27.1. The van der Waals surface area contributed by atoms with Gasteiger partial charge >= 0.3 is 6.09 Å².